The molecule has 0 bridgehead atoms. The summed E-state index contributed by atoms with van der Waals surface area (Å²) in [5.41, 5.74) is 5.76. The molecule has 0 fully saturated rings. The fourth-order valence-corrected chi connectivity index (χ4v) is 5.22. The van der Waals surface area contributed by atoms with Gasteiger partial charge in [0.05, 0.1) is 10.6 Å². The second-order valence-electron chi connectivity index (χ2n) is 9.58. The number of aryl methyl sites for hydroxylation is 1. The molecule has 0 aliphatic carbocycles. The van der Waals surface area contributed by atoms with Crippen molar-refractivity contribution in [3.63, 3.8) is 0 Å². The van der Waals surface area contributed by atoms with Crippen LogP contribution in [0.25, 0.3) is 0 Å². The van der Waals surface area contributed by atoms with Gasteiger partial charge >= 0.3 is 6.03 Å². The van der Waals surface area contributed by atoms with Crippen LogP contribution in [0.3, 0.4) is 0 Å². The van der Waals surface area contributed by atoms with Crippen LogP contribution in [0, 0.1) is 4.77 Å². The molecule has 0 saturated carbocycles. The number of carbonyl (C=O) groups is 1. The Morgan fingerprint density at radius 3 is 1.97 bits per heavy atom. The van der Waals surface area contributed by atoms with E-state index < -0.39 is 16.1 Å². The molecule has 4 N–H and O–H groups in total. The predicted octanol–water partition coefficient (Wildman–Crippen LogP) is 6.95. The van der Waals surface area contributed by atoms with Gasteiger partial charge in [-0.25, -0.2) is 9.47 Å². The molecule has 0 aliphatic rings. The molecule has 2 amide bonds. The van der Waals surface area contributed by atoms with E-state index in [2.05, 4.69) is 17.1 Å². The van der Waals surface area contributed by atoms with E-state index in [-0.39, 0.29) is 15.4 Å². The highest BCUT2D eigenvalue weighted by Crippen LogP contribution is 2.22. The third kappa shape index (κ3) is 11.0. The van der Waals surface area contributed by atoms with Gasteiger partial charge in [-0.1, -0.05) is 103 Å². The van der Waals surface area contributed by atoms with Crippen LogP contribution in [0.1, 0.15) is 109 Å². The molecule has 2 rings (SSSR count). The van der Waals surface area contributed by atoms with Gasteiger partial charge in [-0.05, 0) is 36.8 Å². The molecular formula is C26H43N5O4S2. The summed E-state index contributed by atoms with van der Waals surface area (Å²) in [6, 6.07) is 4.44. The Morgan fingerprint density at radius 1 is 0.973 bits per heavy atom. The molecular weight excluding hydrogens is 510 g/mol. The topological polar surface area (TPSA) is 134 Å². The van der Waals surface area contributed by atoms with Gasteiger partial charge in [0.1, 0.15) is 0 Å². The molecule has 1 aromatic carbocycles. The number of amides is 2. The number of hydrogen-bond donors (Lipinski definition) is 3. The zero-order chi connectivity index (χ0) is 27.1. The molecule has 11 heteroatoms. The lowest BCUT2D eigenvalue weighted by Crippen LogP contribution is -2.41. The molecule has 0 aliphatic heterocycles. The molecule has 0 spiro atoms. The number of rotatable bonds is 19. The highest BCUT2D eigenvalue weighted by atomic mass is 32.2. The first-order chi connectivity index (χ1) is 17.8. The molecule has 1 aromatic heterocycles. The van der Waals surface area contributed by atoms with Gasteiger partial charge in [-0.3, -0.25) is 9.65 Å². The van der Waals surface area contributed by atoms with E-state index in [1.807, 2.05) is 0 Å². The second-order valence-corrected chi connectivity index (χ2v) is 11.4. The van der Waals surface area contributed by atoms with Crippen LogP contribution in [0.4, 0.5) is 10.5 Å². The summed E-state index contributed by atoms with van der Waals surface area (Å²) < 4.78 is 34.0. The normalized spacial score (nSPS) is 11.6. The average Bonchev–Trinajstić information content (AvgIpc) is 3.21. The maximum Gasteiger partial charge on any atom is 0.338 e. The van der Waals surface area contributed by atoms with Crippen molar-refractivity contribution in [2.75, 3.05) is 5.01 Å². The quantitative estimate of drug-likeness (QED) is 0.0979. The maximum atomic E-state index is 12.3. The minimum absolute atomic E-state index is 0.151. The van der Waals surface area contributed by atoms with E-state index in [1.165, 1.54) is 99.9 Å². The van der Waals surface area contributed by atoms with Crippen molar-refractivity contribution >= 4 is 34.1 Å². The molecule has 1 heterocycles. The van der Waals surface area contributed by atoms with Gasteiger partial charge < -0.3 is 5.73 Å². The SMILES string of the molecule is CCCCCCCCCCCCCCCCCc1n[nH]c(=S)n1N(C(N)=O)c1cccc(S(=O)(=O)O)c1. The summed E-state index contributed by atoms with van der Waals surface area (Å²) in [6.45, 7) is 2.26. The Labute approximate surface area is 226 Å². The summed E-state index contributed by atoms with van der Waals surface area (Å²) in [4.78, 5) is 12.0. The number of nitrogens with zero attached hydrogens (tertiary/aromatic N) is 3. The second kappa shape index (κ2) is 16.6. The Hall–Kier alpha value is -2.24. The zero-order valence-corrected chi connectivity index (χ0v) is 23.7. The molecule has 0 saturated heterocycles. The summed E-state index contributed by atoms with van der Waals surface area (Å²) >= 11 is 5.31. The van der Waals surface area contributed by atoms with Crippen molar-refractivity contribution in [2.24, 2.45) is 5.73 Å². The number of primary amides is 1. The van der Waals surface area contributed by atoms with E-state index in [4.69, 9.17) is 18.0 Å². The minimum Gasteiger partial charge on any atom is -0.350 e. The van der Waals surface area contributed by atoms with E-state index in [1.54, 1.807) is 0 Å². The standard InChI is InChI=1S/C26H43N5O4S2/c1-2-3-4-5-6-7-8-9-10-11-12-13-14-15-16-20-24-28-29-26(36)31(24)30(25(27)32)22-18-17-19-23(21-22)37(33,34)35/h17-19,21H,2-16,20H2,1H3,(H2,27,32)(H,29,36)(H,33,34,35). The van der Waals surface area contributed by atoms with Gasteiger partial charge in [0.15, 0.2) is 5.82 Å². The largest absolute Gasteiger partial charge is 0.350 e. The van der Waals surface area contributed by atoms with Crippen molar-refractivity contribution in [3.05, 3.63) is 34.9 Å². The molecule has 0 unspecified atom stereocenters. The average molecular weight is 554 g/mol. The van der Waals surface area contributed by atoms with E-state index in [0.717, 1.165) is 30.3 Å². The van der Waals surface area contributed by atoms with Gasteiger partial charge in [0.2, 0.25) is 4.77 Å². The number of urea groups is 1. The number of unbranched alkanes of at least 4 members (excludes halogenated alkanes) is 14. The van der Waals surface area contributed by atoms with Crippen LogP contribution >= 0.6 is 12.2 Å². The summed E-state index contributed by atoms with van der Waals surface area (Å²) in [5, 5.41) is 7.99. The Kier molecular flexibility index (Phi) is 13.9. The van der Waals surface area contributed by atoms with Crippen LogP contribution in [0.5, 0.6) is 0 Å². The summed E-state index contributed by atoms with van der Waals surface area (Å²) in [5.74, 6) is 0.524. The number of nitrogens with one attached hydrogen (secondary N) is 1. The van der Waals surface area contributed by atoms with E-state index >= 15 is 0 Å². The van der Waals surface area contributed by atoms with E-state index in [9.17, 15) is 17.8 Å². The monoisotopic (exact) mass is 553 g/mol. The van der Waals surface area contributed by atoms with E-state index in [0.29, 0.717) is 12.2 Å². The fraction of sp³-hybridized carbons (Fsp3) is 0.654. The van der Waals surface area contributed by atoms with Crippen molar-refractivity contribution in [2.45, 2.75) is 115 Å². The zero-order valence-electron chi connectivity index (χ0n) is 22.0. The highest BCUT2D eigenvalue weighted by molar-refractivity contribution is 7.85. The maximum absolute atomic E-state index is 12.3. The van der Waals surface area contributed by atoms with Gasteiger partial charge in [0, 0.05) is 6.42 Å². The lowest BCUT2D eigenvalue weighted by Gasteiger charge is -2.23. The number of anilines is 1. The first-order valence-electron chi connectivity index (χ1n) is 13.6. The summed E-state index contributed by atoms with van der Waals surface area (Å²) in [6.07, 6.45) is 19.6. The third-order valence-corrected chi connectivity index (χ3v) is 7.60. The Morgan fingerprint density at radius 2 is 1.49 bits per heavy atom. The van der Waals surface area contributed by atoms with Gasteiger partial charge in [-0.2, -0.15) is 18.5 Å². The van der Waals surface area contributed by atoms with Crippen molar-refractivity contribution in [1.82, 2.24) is 14.9 Å². The molecule has 2 aromatic rings. The third-order valence-electron chi connectivity index (χ3n) is 6.49. The number of carbonyl (C=O) groups excluding carboxylic acids is 1. The lowest BCUT2D eigenvalue weighted by molar-refractivity contribution is 0.251. The first-order valence-corrected chi connectivity index (χ1v) is 15.4. The number of hydrogen-bond acceptors (Lipinski definition) is 5. The first kappa shape index (κ1) is 31.0. The van der Waals surface area contributed by atoms with Crippen molar-refractivity contribution in [1.29, 1.82) is 0 Å². The fourth-order valence-electron chi connectivity index (χ4n) is 4.46. The lowest BCUT2D eigenvalue weighted by atomic mass is 10.0. The number of benzene rings is 1. The van der Waals surface area contributed by atoms with Crippen molar-refractivity contribution in [3.8, 4) is 0 Å². The molecule has 208 valence electrons. The van der Waals surface area contributed by atoms with Crippen LogP contribution in [-0.2, 0) is 16.5 Å². The van der Waals surface area contributed by atoms with Crippen LogP contribution in [-0.4, -0.2) is 33.9 Å². The highest BCUT2D eigenvalue weighted by Gasteiger charge is 2.22. The molecule has 0 atom stereocenters. The number of nitrogens with two attached hydrogens (primary N) is 1. The van der Waals surface area contributed by atoms with Crippen LogP contribution in [0.15, 0.2) is 29.2 Å². The number of aromatic nitrogens is 3. The van der Waals surface area contributed by atoms with Gasteiger partial charge in [0.25, 0.3) is 10.1 Å². The number of H-pyrrole nitrogens is 1. The minimum atomic E-state index is -4.45. The summed E-state index contributed by atoms with van der Waals surface area (Å²) in [7, 11) is -4.45. The molecule has 9 nitrogen and oxygen atoms in total. The molecule has 0 radical (unpaired) electrons. The smallest absolute Gasteiger partial charge is 0.338 e. The molecule has 37 heavy (non-hydrogen) atoms. The Balaban J connectivity index is 1.75. The predicted molar refractivity (Wildman–Crippen MR) is 150 cm³/mol. The van der Waals surface area contributed by atoms with Gasteiger partial charge in [-0.15, -0.1) is 0 Å². The number of aromatic amines is 1. The van der Waals surface area contributed by atoms with Crippen LogP contribution < -0.4 is 10.7 Å². The Bertz CT molecular complexity index is 1110. The van der Waals surface area contributed by atoms with Crippen molar-refractivity contribution < 1.29 is 17.8 Å². The van der Waals surface area contributed by atoms with Crippen LogP contribution in [0.2, 0.25) is 0 Å².